The molecule has 0 aromatic heterocycles. The lowest BCUT2D eigenvalue weighted by Crippen LogP contribution is -2.29. The van der Waals surface area contributed by atoms with Crippen LogP contribution in [0.5, 0.6) is 0 Å². The molecule has 0 aliphatic carbocycles. The first-order valence-corrected chi connectivity index (χ1v) is 7.21. The zero-order chi connectivity index (χ0) is 12.0. The lowest BCUT2D eigenvalue weighted by molar-refractivity contribution is 0.560. The molecule has 0 bridgehead atoms. The Morgan fingerprint density at radius 3 is 2.56 bits per heavy atom. The van der Waals surface area contributed by atoms with Gasteiger partial charge in [-0.05, 0) is 37.5 Å². The first-order chi connectivity index (χ1) is 7.71. The fraction of sp³-hybridized carbons (Fsp3) is 0.571. The second kappa shape index (κ2) is 6.95. The van der Waals surface area contributed by atoms with E-state index in [2.05, 4.69) is 65.9 Å². The largest absolute Gasteiger partial charge is 0.371 e. The summed E-state index contributed by atoms with van der Waals surface area (Å²) in [5.41, 5.74) is 2.68. The molecule has 1 nitrogen and oxygen atoms in total. The molecule has 1 unspecified atom stereocenters. The zero-order valence-electron chi connectivity index (χ0n) is 10.5. The van der Waals surface area contributed by atoms with Crippen molar-refractivity contribution < 1.29 is 0 Å². The summed E-state index contributed by atoms with van der Waals surface area (Å²) in [6.45, 7) is 8.85. The number of benzene rings is 1. The number of rotatable bonds is 6. The average Bonchev–Trinajstić information content (AvgIpc) is 2.31. The Morgan fingerprint density at radius 1 is 1.31 bits per heavy atom. The molecule has 0 saturated carbocycles. The molecule has 0 heterocycles. The summed E-state index contributed by atoms with van der Waals surface area (Å²) < 4.78 is 0. The molecule has 90 valence electrons. The molecule has 0 amide bonds. The minimum absolute atomic E-state index is 0.737. The van der Waals surface area contributed by atoms with Crippen LogP contribution in [-0.2, 0) is 0 Å². The monoisotopic (exact) mass is 283 g/mol. The van der Waals surface area contributed by atoms with Gasteiger partial charge in [-0.2, -0.15) is 0 Å². The van der Waals surface area contributed by atoms with E-state index in [0.29, 0.717) is 0 Å². The van der Waals surface area contributed by atoms with Gasteiger partial charge in [0, 0.05) is 24.1 Å². The third kappa shape index (κ3) is 3.82. The third-order valence-electron chi connectivity index (χ3n) is 3.02. The molecule has 1 atom stereocenters. The first-order valence-electron chi connectivity index (χ1n) is 6.08. The molecule has 0 spiro atoms. The lowest BCUT2D eigenvalue weighted by Gasteiger charge is -2.27. The second-order valence-electron chi connectivity index (χ2n) is 4.31. The van der Waals surface area contributed by atoms with Crippen LogP contribution in [0.25, 0.3) is 0 Å². The highest BCUT2D eigenvalue weighted by atomic mass is 79.9. The molecule has 16 heavy (non-hydrogen) atoms. The predicted molar refractivity (Wildman–Crippen MR) is 76.6 cm³/mol. The molecule has 0 saturated heterocycles. The van der Waals surface area contributed by atoms with Crippen molar-refractivity contribution >= 4 is 21.6 Å². The Balaban J connectivity index is 2.74. The zero-order valence-corrected chi connectivity index (χ0v) is 12.1. The number of hydrogen-bond acceptors (Lipinski definition) is 1. The van der Waals surface area contributed by atoms with Gasteiger partial charge in [0.15, 0.2) is 0 Å². The molecule has 0 radical (unpaired) electrons. The summed E-state index contributed by atoms with van der Waals surface area (Å²) in [5, 5.41) is 1.09. The standard InChI is InChI=1S/C14H22BrN/c1-4-13(10-15)11-16(5-2)14-8-6-7-12(3)9-14/h6-9,13H,4-5,10-11H2,1-3H3. The Kier molecular flexibility index (Phi) is 5.89. The normalized spacial score (nSPS) is 12.5. The van der Waals surface area contributed by atoms with Gasteiger partial charge in [0.05, 0.1) is 0 Å². The van der Waals surface area contributed by atoms with Gasteiger partial charge in [0.1, 0.15) is 0 Å². The van der Waals surface area contributed by atoms with Crippen molar-refractivity contribution in [1.82, 2.24) is 0 Å². The number of hydrogen-bond donors (Lipinski definition) is 0. The molecule has 0 N–H and O–H groups in total. The summed E-state index contributed by atoms with van der Waals surface area (Å²) in [6, 6.07) is 8.77. The molecule has 1 aromatic rings. The highest BCUT2D eigenvalue weighted by Gasteiger charge is 2.10. The molecule has 1 aromatic carbocycles. The van der Waals surface area contributed by atoms with Gasteiger partial charge in [0.25, 0.3) is 0 Å². The minimum atomic E-state index is 0.737. The number of alkyl halides is 1. The van der Waals surface area contributed by atoms with Gasteiger partial charge in [-0.1, -0.05) is 41.4 Å². The number of aryl methyl sites for hydroxylation is 1. The van der Waals surface area contributed by atoms with Gasteiger partial charge in [-0.3, -0.25) is 0 Å². The van der Waals surface area contributed by atoms with Crippen LogP contribution in [0.2, 0.25) is 0 Å². The Labute approximate surface area is 108 Å². The SMILES string of the molecule is CCC(CBr)CN(CC)c1cccc(C)c1. The van der Waals surface area contributed by atoms with Crippen molar-refractivity contribution in [3.8, 4) is 0 Å². The van der Waals surface area contributed by atoms with Gasteiger partial charge in [-0.25, -0.2) is 0 Å². The smallest absolute Gasteiger partial charge is 0.0368 e. The van der Waals surface area contributed by atoms with Crippen molar-refractivity contribution in [3.63, 3.8) is 0 Å². The second-order valence-corrected chi connectivity index (χ2v) is 4.95. The Morgan fingerprint density at radius 2 is 2.06 bits per heavy atom. The van der Waals surface area contributed by atoms with E-state index in [1.165, 1.54) is 17.7 Å². The number of anilines is 1. The van der Waals surface area contributed by atoms with E-state index in [9.17, 15) is 0 Å². The van der Waals surface area contributed by atoms with Crippen molar-refractivity contribution in [2.45, 2.75) is 27.2 Å². The van der Waals surface area contributed by atoms with Gasteiger partial charge in [0.2, 0.25) is 0 Å². The van der Waals surface area contributed by atoms with E-state index in [4.69, 9.17) is 0 Å². The quantitative estimate of drug-likeness (QED) is 0.706. The highest BCUT2D eigenvalue weighted by Crippen LogP contribution is 2.18. The van der Waals surface area contributed by atoms with Crippen LogP contribution in [0.4, 0.5) is 5.69 Å². The Bertz CT molecular complexity index is 307. The average molecular weight is 284 g/mol. The number of halogens is 1. The molecule has 1 rings (SSSR count). The van der Waals surface area contributed by atoms with E-state index in [1.807, 2.05) is 0 Å². The summed E-state index contributed by atoms with van der Waals surface area (Å²) in [5.74, 6) is 0.737. The van der Waals surface area contributed by atoms with E-state index >= 15 is 0 Å². The van der Waals surface area contributed by atoms with E-state index < -0.39 is 0 Å². The maximum Gasteiger partial charge on any atom is 0.0368 e. The first kappa shape index (κ1) is 13.6. The van der Waals surface area contributed by atoms with Crippen molar-refractivity contribution in [2.24, 2.45) is 5.92 Å². The van der Waals surface area contributed by atoms with Crippen molar-refractivity contribution in [2.75, 3.05) is 23.3 Å². The minimum Gasteiger partial charge on any atom is -0.371 e. The van der Waals surface area contributed by atoms with Crippen molar-refractivity contribution in [3.05, 3.63) is 29.8 Å². The maximum absolute atomic E-state index is 3.59. The molecule has 0 fully saturated rings. The summed E-state index contributed by atoms with van der Waals surface area (Å²) in [6.07, 6.45) is 1.23. The van der Waals surface area contributed by atoms with E-state index in [0.717, 1.165) is 24.3 Å². The summed E-state index contributed by atoms with van der Waals surface area (Å²) in [7, 11) is 0. The van der Waals surface area contributed by atoms with Crippen molar-refractivity contribution in [1.29, 1.82) is 0 Å². The van der Waals surface area contributed by atoms with Crippen LogP contribution < -0.4 is 4.90 Å². The van der Waals surface area contributed by atoms with Crippen LogP contribution in [0.15, 0.2) is 24.3 Å². The molecular weight excluding hydrogens is 262 g/mol. The van der Waals surface area contributed by atoms with Crippen LogP contribution in [0.3, 0.4) is 0 Å². The van der Waals surface area contributed by atoms with E-state index in [-0.39, 0.29) is 0 Å². The van der Waals surface area contributed by atoms with Crippen LogP contribution in [0.1, 0.15) is 25.8 Å². The fourth-order valence-electron chi connectivity index (χ4n) is 1.84. The predicted octanol–water partition coefficient (Wildman–Crippen LogP) is 4.24. The number of nitrogens with zero attached hydrogens (tertiary/aromatic N) is 1. The lowest BCUT2D eigenvalue weighted by atomic mass is 10.1. The van der Waals surface area contributed by atoms with Gasteiger partial charge < -0.3 is 4.90 Å². The van der Waals surface area contributed by atoms with E-state index in [1.54, 1.807) is 0 Å². The van der Waals surface area contributed by atoms with Crippen LogP contribution in [0, 0.1) is 12.8 Å². The van der Waals surface area contributed by atoms with Gasteiger partial charge >= 0.3 is 0 Å². The Hall–Kier alpha value is -0.500. The molecule has 0 aliphatic heterocycles. The fourth-order valence-corrected chi connectivity index (χ4v) is 2.50. The van der Waals surface area contributed by atoms with Crippen LogP contribution in [-0.4, -0.2) is 18.4 Å². The highest BCUT2D eigenvalue weighted by molar-refractivity contribution is 9.09. The summed E-state index contributed by atoms with van der Waals surface area (Å²) >= 11 is 3.59. The third-order valence-corrected chi connectivity index (χ3v) is 3.94. The maximum atomic E-state index is 3.59. The summed E-state index contributed by atoms with van der Waals surface area (Å²) in [4.78, 5) is 2.46. The molecule has 2 heteroatoms. The van der Waals surface area contributed by atoms with Gasteiger partial charge in [-0.15, -0.1) is 0 Å². The molecule has 0 aliphatic rings. The topological polar surface area (TPSA) is 3.24 Å². The van der Waals surface area contributed by atoms with Crippen LogP contribution >= 0.6 is 15.9 Å². The molecular formula is C14H22BrN.